The molecule has 1 N–H and O–H groups in total. The molecule has 0 bridgehead atoms. The van der Waals surface area contributed by atoms with Gasteiger partial charge in [0.25, 0.3) is 5.91 Å². The van der Waals surface area contributed by atoms with E-state index in [1.807, 2.05) is 5.38 Å². The molecule has 3 aromatic rings. The molecule has 0 aliphatic rings. The Hall–Kier alpha value is -2.08. The van der Waals surface area contributed by atoms with E-state index in [2.05, 4.69) is 5.32 Å². The molecule has 1 heterocycles. The monoisotopic (exact) mass is 395 g/mol. The van der Waals surface area contributed by atoms with Crippen LogP contribution in [-0.2, 0) is 6.61 Å². The number of hydrogen-bond acceptors (Lipinski definition) is 3. The van der Waals surface area contributed by atoms with Crippen LogP contribution in [0.1, 0.15) is 15.2 Å². The second kappa shape index (κ2) is 7.87. The Kier molecular flexibility index (Phi) is 5.58. The number of anilines is 1. The first-order valence-corrected chi connectivity index (χ1v) is 8.87. The lowest BCUT2D eigenvalue weighted by Gasteiger charge is -2.05. The van der Waals surface area contributed by atoms with E-state index in [-0.39, 0.29) is 10.9 Å². The van der Waals surface area contributed by atoms with Crippen LogP contribution in [0.4, 0.5) is 10.1 Å². The van der Waals surface area contributed by atoms with Gasteiger partial charge in [0.2, 0.25) is 0 Å². The second-order valence-corrected chi connectivity index (χ2v) is 6.90. The van der Waals surface area contributed by atoms with E-state index >= 15 is 0 Å². The minimum absolute atomic E-state index is 0.0407. The van der Waals surface area contributed by atoms with Crippen LogP contribution in [0.25, 0.3) is 0 Å². The highest BCUT2D eigenvalue weighted by atomic mass is 35.5. The van der Waals surface area contributed by atoms with Crippen molar-refractivity contribution in [1.29, 1.82) is 0 Å². The van der Waals surface area contributed by atoms with Crippen molar-refractivity contribution < 1.29 is 13.9 Å². The van der Waals surface area contributed by atoms with E-state index in [9.17, 15) is 9.18 Å². The van der Waals surface area contributed by atoms with Crippen LogP contribution in [-0.4, -0.2) is 5.91 Å². The maximum atomic E-state index is 13.1. The summed E-state index contributed by atoms with van der Waals surface area (Å²) >= 11 is 12.8. The Bertz CT molecular complexity index is 896. The summed E-state index contributed by atoms with van der Waals surface area (Å²) < 4.78 is 18.8. The van der Waals surface area contributed by atoms with Gasteiger partial charge in [0.1, 0.15) is 18.2 Å². The fourth-order valence-corrected chi connectivity index (χ4v) is 3.13. The molecular formula is C18H12Cl2FNO2S. The van der Waals surface area contributed by atoms with Gasteiger partial charge >= 0.3 is 0 Å². The molecule has 128 valence electrons. The largest absolute Gasteiger partial charge is 0.489 e. The number of hydrogen-bond donors (Lipinski definition) is 1. The number of ether oxygens (including phenoxy) is 1. The molecule has 25 heavy (non-hydrogen) atoms. The first-order valence-electron chi connectivity index (χ1n) is 7.23. The molecule has 0 saturated carbocycles. The van der Waals surface area contributed by atoms with Gasteiger partial charge in [-0.25, -0.2) is 4.39 Å². The van der Waals surface area contributed by atoms with Crippen LogP contribution in [0, 0.1) is 5.82 Å². The Balaban J connectivity index is 1.61. The van der Waals surface area contributed by atoms with Crippen molar-refractivity contribution in [3.8, 4) is 5.75 Å². The van der Waals surface area contributed by atoms with Crippen LogP contribution in [0.5, 0.6) is 5.75 Å². The van der Waals surface area contributed by atoms with E-state index in [0.717, 1.165) is 5.56 Å². The molecule has 0 radical (unpaired) electrons. The first-order chi connectivity index (χ1) is 12.0. The first kappa shape index (κ1) is 17.7. The topological polar surface area (TPSA) is 38.3 Å². The summed E-state index contributed by atoms with van der Waals surface area (Å²) in [5.41, 5.74) is 1.31. The Morgan fingerprint density at radius 3 is 2.60 bits per heavy atom. The van der Waals surface area contributed by atoms with E-state index in [1.54, 1.807) is 30.3 Å². The number of carbonyl (C=O) groups excluding carboxylic acids is 1. The predicted octanol–water partition coefficient (Wildman–Crippen LogP) is 6.03. The van der Waals surface area contributed by atoms with Gasteiger partial charge in [-0.3, -0.25) is 4.79 Å². The number of halogens is 3. The average molecular weight is 396 g/mol. The van der Waals surface area contributed by atoms with Gasteiger partial charge in [-0.15, -0.1) is 11.3 Å². The van der Waals surface area contributed by atoms with E-state index in [1.165, 1.54) is 29.5 Å². The zero-order valence-corrected chi connectivity index (χ0v) is 15.1. The molecule has 0 atom stereocenters. The molecule has 3 rings (SSSR count). The highest BCUT2D eigenvalue weighted by Crippen LogP contribution is 2.22. The van der Waals surface area contributed by atoms with Crippen molar-refractivity contribution in [1.82, 2.24) is 0 Å². The molecule has 0 spiro atoms. The normalized spacial score (nSPS) is 10.5. The maximum Gasteiger partial charge on any atom is 0.265 e. The third kappa shape index (κ3) is 4.72. The van der Waals surface area contributed by atoms with Crippen molar-refractivity contribution in [2.75, 3.05) is 5.32 Å². The molecule has 1 amide bonds. The highest BCUT2D eigenvalue weighted by Gasteiger charge is 2.11. The summed E-state index contributed by atoms with van der Waals surface area (Å²) in [6, 6.07) is 12.8. The number of nitrogens with one attached hydrogen (secondary N) is 1. The zero-order valence-electron chi connectivity index (χ0n) is 12.8. The average Bonchev–Trinajstić information content (AvgIpc) is 3.07. The molecular weight excluding hydrogens is 384 g/mol. The highest BCUT2D eigenvalue weighted by molar-refractivity contribution is 7.12. The predicted molar refractivity (Wildman–Crippen MR) is 99.5 cm³/mol. The Labute approximate surface area is 158 Å². The quantitative estimate of drug-likeness (QED) is 0.572. The molecule has 7 heteroatoms. The lowest BCUT2D eigenvalue weighted by Crippen LogP contribution is -2.10. The third-order valence-electron chi connectivity index (χ3n) is 3.27. The summed E-state index contributed by atoms with van der Waals surface area (Å²) in [6.45, 7) is 0.341. The summed E-state index contributed by atoms with van der Waals surface area (Å²) in [5, 5.41) is 5.13. The van der Waals surface area contributed by atoms with Crippen LogP contribution in [0.15, 0.2) is 53.9 Å². The summed E-state index contributed by atoms with van der Waals surface area (Å²) in [4.78, 5) is 12.8. The van der Waals surface area contributed by atoms with Gasteiger partial charge in [-0.1, -0.05) is 23.2 Å². The fraction of sp³-hybridized carbons (Fsp3) is 0.0556. The number of thiophene rings is 1. The van der Waals surface area contributed by atoms with E-state index in [4.69, 9.17) is 27.9 Å². The Morgan fingerprint density at radius 2 is 1.88 bits per heavy atom. The Morgan fingerprint density at radius 1 is 1.12 bits per heavy atom. The van der Waals surface area contributed by atoms with Crippen LogP contribution in [0.2, 0.25) is 10.0 Å². The maximum absolute atomic E-state index is 13.1. The van der Waals surface area contributed by atoms with Gasteiger partial charge in [0.05, 0.1) is 9.90 Å². The zero-order chi connectivity index (χ0) is 17.8. The molecule has 0 fully saturated rings. The number of benzene rings is 2. The summed E-state index contributed by atoms with van der Waals surface area (Å²) in [6.07, 6.45) is 0. The van der Waals surface area contributed by atoms with Crippen LogP contribution < -0.4 is 10.1 Å². The van der Waals surface area contributed by atoms with Crippen molar-refractivity contribution in [3.05, 3.63) is 80.2 Å². The minimum atomic E-state index is -0.530. The second-order valence-electron chi connectivity index (χ2n) is 5.14. The van der Waals surface area contributed by atoms with Gasteiger partial charge in [0.15, 0.2) is 0 Å². The van der Waals surface area contributed by atoms with Crippen molar-refractivity contribution in [3.63, 3.8) is 0 Å². The molecule has 0 aliphatic carbocycles. The summed E-state index contributed by atoms with van der Waals surface area (Å²) in [7, 11) is 0. The van der Waals surface area contributed by atoms with Crippen LogP contribution in [0.3, 0.4) is 0 Å². The smallest absolute Gasteiger partial charge is 0.265 e. The van der Waals surface area contributed by atoms with Crippen molar-refractivity contribution >= 4 is 46.1 Å². The molecule has 0 aliphatic heterocycles. The lowest BCUT2D eigenvalue weighted by atomic mass is 10.3. The van der Waals surface area contributed by atoms with Gasteiger partial charge in [-0.2, -0.15) is 0 Å². The fourth-order valence-electron chi connectivity index (χ4n) is 2.03. The van der Waals surface area contributed by atoms with E-state index in [0.29, 0.717) is 27.9 Å². The van der Waals surface area contributed by atoms with Gasteiger partial charge in [0, 0.05) is 16.3 Å². The molecule has 0 unspecified atom stereocenters. The van der Waals surface area contributed by atoms with Crippen molar-refractivity contribution in [2.45, 2.75) is 6.61 Å². The van der Waals surface area contributed by atoms with E-state index < -0.39 is 5.82 Å². The molecule has 2 aromatic carbocycles. The molecule has 1 aromatic heterocycles. The number of carbonyl (C=O) groups is 1. The van der Waals surface area contributed by atoms with Gasteiger partial charge < -0.3 is 10.1 Å². The third-order valence-corrected chi connectivity index (χ3v) is 4.79. The summed E-state index contributed by atoms with van der Waals surface area (Å²) in [5.74, 6) is -0.120. The van der Waals surface area contributed by atoms with Gasteiger partial charge in [-0.05, 0) is 53.9 Å². The standard InChI is InChI=1S/C18H12Cl2FNO2S/c19-12-1-4-14(5-2-12)24-9-11-7-17(25-10-11)18(23)22-13-3-6-16(21)15(20)8-13/h1-8,10H,9H2,(H,22,23). The van der Waals surface area contributed by atoms with Crippen LogP contribution >= 0.6 is 34.5 Å². The number of rotatable bonds is 5. The molecule has 3 nitrogen and oxygen atoms in total. The lowest BCUT2D eigenvalue weighted by molar-refractivity contribution is 0.103. The number of amides is 1. The SMILES string of the molecule is O=C(Nc1ccc(F)c(Cl)c1)c1cc(COc2ccc(Cl)cc2)cs1. The minimum Gasteiger partial charge on any atom is -0.489 e. The molecule has 0 saturated heterocycles. The van der Waals surface area contributed by atoms with Crippen molar-refractivity contribution in [2.24, 2.45) is 0 Å².